The molecule has 0 aliphatic heterocycles. The molecule has 0 saturated heterocycles. The fourth-order valence-electron chi connectivity index (χ4n) is 4.93. The first kappa shape index (κ1) is 24.7. The predicted molar refractivity (Wildman–Crippen MR) is 135 cm³/mol. The van der Waals surface area contributed by atoms with Crippen molar-refractivity contribution in [3.05, 3.63) is 42.2 Å². The summed E-state index contributed by atoms with van der Waals surface area (Å²) in [6, 6.07) is 8.25. The lowest BCUT2D eigenvalue weighted by Crippen LogP contribution is -2.14. The molecule has 0 unspecified atom stereocenters. The Morgan fingerprint density at radius 2 is 1.44 bits per heavy atom. The Morgan fingerprint density at radius 3 is 2.12 bits per heavy atom. The van der Waals surface area contributed by atoms with Crippen molar-refractivity contribution in [3.8, 4) is 17.1 Å². The number of aryl methyl sites for hydroxylation is 1. The Bertz CT molecular complexity index is 733. The van der Waals surface area contributed by atoms with Crippen LogP contribution >= 0.6 is 0 Å². The maximum Gasteiger partial charge on any atom is 0.159 e. The summed E-state index contributed by atoms with van der Waals surface area (Å²) in [6.45, 7) is 5.42. The molecule has 1 aliphatic carbocycles. The Balaban J connectivity index is 1.34. The molecule has 1 heterocycles. The topological polar surface area (TPSA) is 35.0 Å². The second-order valence-corrected chi connectivity index (χ2v) is 9.74. The van der Waals surface area contributed by atoms with E-state index >= 15 is 0 Å². The van der Waals surface area contributed by atoms with Crippen molar-refractivity contribution >= 4 is 0 Å². The van der Waals surface area contributed by atoms with E-state index in [0.717, 1.165) is 48.4 Å². The minimum Gasteiger partial charge on any atom is -0.494 e. The molecule has 1 saturated carbocycles. The first-order valence-electron chi connectivity index (χ1n) is 13.3. The van der Waals surface area contributed by atoms with Crippen LogP contribution in [-0.4, -0.2) is 16.6 Å². The summed E-state index contributed by atoms with van der Waals surface area (Å²) in [7, 11) is 0. The molecule has 176 valence electrons. The molecule has 1 fully saturated rings. The number of ether oxygens (including phenoxy) is 1. The van der Waals surface area contributed by atoms with Gasteiger partial charge in [0.05, 0.1) is 6.61 Å². The van der Waals surface area contributed by atoms with Gasteiger partial charge in [-0.25, -0.2) is 9.97 Å². The molecule has 3 rings (SSSR count). The van der Waals surface area contributed by atoms with Crippen LogP contribution in [0.5, 0.6) is 5.75 Å². The highest BCUT2D eigenvalue weighted by Gasteiger charge is 2.19. The zero-order chi connectivity index (χ0) is 22.4. The van der Waals surface area contributed by atoms with Gasteiger partial charge in [-0.3, -0.25) is 0 Å². The van der Waals surface area contributed by atoms with E-state index in [4.69, 9.17) is 4.74 Å². The smallest absolute Gasteiger partial charge is 0.159 e. The van der Waals surface area contributed by atoms with Gasteiger partial charge in [0.1, 0.15) is 5.75 Å². The predicted octanol–water partition coefficient (Wildman–Crippen LogP) is 8.42. The van der Waals surface area contributed by atoms with Gasteiger partial charge in [0.25, 0.3) is 0 Å². The van der Waals surface area contributed by atoms with Crippen molar-refractivity contribution in [2.45, 2.75) is 104 Å². The Hall–Kier alpha value is -1.90. The van der Waals surface area contributed by atoms with Crippen LogP contribution in [0.15, 0.2) is 36.7 Å². The average molecular weight is 437 g/mol. The minimum atomic E-state index is 0.797. The third-order valence-corrected chi connectivity index (χ3v) is 7.21. The summed E-state index contributed by atoms with van der Waals surface area (Å²) in [5.74, 6) is 3.65. The summed E-state index contributed by atoms with van der Waals surface area (Å²) in [6.07, 6.45) is 22.5. The van der Waals surface area contributed by atoms with Crippen molar-refractivity contribution in [3.63, 3.8) is 0 Å². The van der Waals surface area contributed by atoms with Crippen molar-refractivity contribution < 1.29 is 4.74 Å². The Morgan fingerprint density at radius 1 is 0.781 bits per heavy atom. The maximum absolute atomic E-state index is 5.99. The number of benzene rings is 1. The van der Waals surface area contributed by atoms with E-state index in [0.29, 0.717) is 0 Å². The zero-order valence-corrected chi connectivity index (χ0v) is 20.5. The molecule has 0 amide bonds. The molecule has 3 nitrogen and oxygen atoms in total. The third-order valence-electron chi connectivity index (χ3n) is 7.21. The van der Waals surface area contributed by atoms with Crippen molar-refractivity contribution in [1.82, 2.24) is 9.97 Å². The maximum atomic E-state index is 5.99. The lowest BCUT2D eigenvalue weighted by Gasteiger charge is -2.27. The van der Waals surface area contributed by atoms with E-state index in [1.807, 2.05) is 12.4 Å². The van der Waals surface area contributed by atoms with Gasteiger partial charge in [0.15, 0.2) is 5.82 Å². The molecular formula is C29H44N2O. The number of aromatic nitrogens is 2. The fraction of sp³-hybridized carbons (Fsp3) is 0.655. The van der Waals surface area contributed by atoms with Crippen LogP contribution in [0.1, 0.15) is 103 Å². The second kappa shape index (κ2) is 14.3. The highest BCUT2D eigenvalue weighted by atomic mass is 16.5. The molecule has 0 bridgehead atoms. The van der Waals surface area contributed by atoms with E-state index in [1.165, 1.54) is 82.6 Å². The molecule has 3 heteroatoms. The number of nitrogens with zero attached hydrogens (tertiary/aromatic N) is 2. The van der Waals surface area contributed by atoms with Gasteiger partial charge >= 0.3 is 0 Å². The van der Waals surface area contributed by atoms with E-state index in [2.05, 4.69) is 48.1 Å². The number of hydrogen-bond donors (Lipinski definition) is 0. The Kier molecular flexibility index (Phi) is 11.0. The minimum absolute atomic E-state index is 0.797. The van der Waals surface area contributed by atoms with Crippen molar-refractivity contribution in [2.24, 2.45) is 11.8 Å². The van der Waals surface area contributed by atoms with Crippen LogP contribution in [0.25, 0.3) is 11.4 Å². The average Bonchev–Trinajstić information content (AvgIpc) is 2.85. The van der Waals surface area contributed by atoms with E-state index < -0.39 is 0 Å². The normalized spacial score (nSPS) is 18.6. The third kappa shape index (κ3) is 8.56. The number of rotatable bonds is 14. The molecule has 0 radical (unpaired) electrons. The molecule has 0 spiro atoms. The van der Waals surface area contributed by atoms with Gasteiger partial charge in [-0.1, -0.05) is 78.1 Å². The van der Waals surface area contributed by atoms with Gasteiger partial charge in [-0.2, -0.15) is 0 Å². The van der Waals surface area contributed by atoms with Crippen LogP contribution in [0, 0.1) is 11.8 Å². The lowest BCUT2D eigenvalue weighted by atomic mass is 9.79. The SMILES string of the molecule is CCCCCCCCc1cnc(-c2ccc(OCCC[C@H]3CC[C@H](CC)CC3)cc2)nc1. The number of unbranched alkanes of at least 4 members (excludes halogenated alkanes) is 5. The first-order valence-corrected chi connectivity index (χ1v) is 13.3. The largest absolute Gasteiger partial charge is 0.494 e. The van der Waals surface area contributed by atoms with Crippen LogP contribution in [0.4, 0.5) is 0 Å². The summed E-state index contributed by atoms with van der Waals surface area (Å²) < 4.78 is 5.99. The van der Waals surface area contributed by atoms with Crippen LogP contribution in [0.3, 0.4) is 0 Å². The van der Waals surface area contributed by atoms with E-state index in [1.54, 1.807) is 0 Å². The zero-order valence-electron chi connectivity index (χ0n) is 20.5. The quantitative estimate of drug-likeness (QED) is 0.279. The second-order valence-electron chi connectivity index (χ2n) is 9.74. The van der Waals surface area contributed by atoms with Crippen LogP contribution in [-0.2, 0) is 6.42 Å². The van der Waals surface area contributed by atoms with Crippen LogP contribution in [0.2, 0.25) is 0 Å². The molecule has 1 aromatic heterocycles. The summed E-state index contributed by atoms with van der Waals surface area (Å²) in [5, 5.41) is 0. The van der Waals surface area contributed by atoms with Gasteiger partial charge in [-0.05, 0) is 67.3 Å². The first-order chi connectivity index (χ1) is 15.8. The lowest BCUT2D eigenvalue weighted by molar-refractivity contribution is 0.234. The summed E-state index contributed by atoms with van der Waals surface area (Å²) in [4.78, 5) is 9.19. The number of hydrogen-bond acceptors (Lipinski definition) is 3. The molecule has 1 aliphatic rings. The Labute approximate surface area is 196 Å². The van der Waals surface area contributed by atoms with E-state index in [-0.39, 0.29) is 0 Å². The molecule has 32 heavy (non-hydrogen) atoms. The molecule has 2 aromatic rings. The van der Waals surface area contributed by atoms with Gasteiger partial charge in [-0.15, -0.1) is 0 Å². The molecule has 0 N–H and O–H groups in total. The summed E-state index contributed by atoms with van der Waals surface area (Å²) in [5.41, 5.74) is 2.29. The standard InChI is InChI=1S/C29H44N2O/c1-3-5-6-7-8-9-11-26-22-30-29(31-23-26)27-17-19-28(20-18-27)32-21-10-12-25-15-13-24(4-2)14-16-25/h17-20,22-25H,3-16,21H2,1-2H3/t24-,25-. The van der Waals surface area contributed by atoms with Crippen LogP contribution < -0.4 is 4.74 Å². The molecular weight excluding hydrogens is 392 g/mol. The van der Waals surface area contributed by atoms with Crippen molar-refractivity contribution in [2.75, 3.05) is 6.61 Å². The van der Waals surface area contributed by atoms with Gasteiger partial charge < -0.3 is 4.74 Å². The van der Waals surface area contributed by atoms with E-state index in [9.17, 15) is 0 Å². The molecule has 1 aromatic carbocycles. The highest BCUT2D eigenvalue weighted by Crippen LogP contribution is 2.33. The van der Waals surface area contributed by atoms with Gasteiger partial charge in [0.2, 0.25) is 0 Å². The van der Waals surface area contributed by atoms with Gasteiger partial charge in [0, 0.05) is 18.0 Å². The summed E-state index contributed by atoms with van der Waals surface area (Å²) >= 11 is 0. The monoisotopic (exact) mass is 436 g/mol. The highest BCUT2D eigenvalue weighted by molar-refractivity contribution is 5.55. The fourth-order valence-corrected chi connectivity index (χ4v) is 4.93. The molecule has 0 atom stereocenters. The van der Waals surface area contributed by atoms with Crippen molar-refractivity contribution in [1.29, 1.82) is 0 Å².